The van der Waals surface area contributed by atoms with Crippen molar-refractivity contribution < 1.29 is 9.57 Å². The van der Waals surface area contributed by atoms with Gasteiger partial charge in [-0.15, -0.1) is 4.73 Å². The van der Waals surface area contributed by atoms with Gasteiger partial charge in [-0.25, -0.2) is 4.98 Å². The third-order valence-electron chi connectivity index (χ3n) is 6.10. The molecule has 1 N–H and O–H groups in total. The first kappa shape index (κ1) is 24.4. The molecule has 2 aromatic carbocycles. The van der Waals surface area contributed by atoms with Gasteiger partial charge >= 0.3 is 0 Å². The smallest absolute Gasteiger partial charge is 0.293 e. The van der Waals surface area contributed by atoms with Crippen molar-refractivity contribution in [3.8, 4) is 16.9 Å². The molecule has 1 aliphatic heterocycles. The third-order valence-corrected chi connectivity index (χ3v) is 6.73. The number of aromatic nitrogens is 3. The molecule has 8 nitrogen and oxygen atoms in total. The van der Waals surface area contributed by atoms with Crippen LogP contribution in [0.15, 0.2) is 59.5 Å². The molecule has 0 aliphatic carbocycles. The number of anilines is 2. The Morgan fingerprint density at radius 2 is 1.78 bits per heavy atom. The van der Waals surface area contributed by atoms with Gasteiger partial charge < -0.3 is 14.9 Å². The molecule has 186 valence electrons. The highest BCUT2D eigenvalue weighted by Crippen LogP contribution is 2.33. The summed E-state index contributed by atoms with van der Waals surface area (Å²) in [6.45, 7) is 3.92. The highest BCUT2D eigenvalue weighted by Gasteiger charge is 2.18. The molecular weight excluding hydrogens is 501 g/mol. The molecule has 0 atom stereocenters. The third kappa shape index (κ3) is 5.11. The molecule has 1 fully saturated rings. The first-order valence-corrected chi connectivity index (χ1v) is 12.4. The van der Waals surface area contributed by atoms with Crippen molar-refractivity contribution in [1.29, 1.82) is 0 Å². The molecule has 1 aliphatic rings. The molecule has 0 spiro atoms. The van der Waals surface area contributed by atoms with Crippen molar-refractivity contribution in [2.45, 2.75) is 12.8 Å². The van der Waals surface area contributed by atoms with Crippen LogP contribution in [0, 0.1) is 0 Å². The minimum Gasteiger partial charge on any atom is -0.492 e. The Labute approximate surface area is 218 Å². The number of hydrogen-bond donors (Lipinski definition) is 1. The lowest BCUT2D eigenvalue weighted by atomic mass is 10.1. The minimum absolute atomic E-state index is 0.296. The lowest BCUT2D eigenvalue weighted by molar-refractivity contribution is 0.168. The van der Waals surface area contributed by atoms with E-state index in [4.69, 9.17) is 32.8 Å². The lowest BCUT2D eigenvalue weighted by Crippen LogP contribution is -2.27. The molecule has 3 heterocycles. The molecule has 5 rings (SSSR count). The fourth-order valence-electron chi connectivity index (χ4n) is 4.30. The van der Waals surface area contributed by atoms with E-state index in [0.717, 1.165) is 35.8 Å². The fraction of sp³-hybridized carbons (Fsp3) is 0.269. The van der Waals surface area contributed by atoms with Crippen molar-refractivity contribution >= 4 is 45.9 Å². The summed E-state index contributed by atoms with van der Waals surface area (Å²) >= 11 is 12.7. The highest BCUT2D eigenvalue weighted by molar-refractivity contribution is 6.39. The highest BCUT2D eigenvalue weighted by atomic mass is 35.5. The van der Waals surface area contributed by atoms with E-state index in [1.165, 1.54) is 20.0 Å². The number of ether oxygens (including phenoxy) is 1. The largest absolute Gasteiger partial charge is 0.492 e. The van der Waals surface area contributed by atoms with Crippen LogP contribution in [0.1, 0.15) is 12.8 Å². The number of likely N-dealkylation sites (tertiary alicyclic amines) is 1. The zero-order chi connectivity index (χ0) is 25.1. The second-order valence-electron chi connectivity index (χ2n) is 8.46. The Morgan fingerprint density at radius 3 is 2.47 bits per heavy atom. The van der Waals surface area contributed by atoms with Gasteiger partial charge in [0.1, 0.15) is 19.5 Å². The first-order valence-electron chi connectivity index (χ1n) is 11.7. The molecule has 0 saturated carbocycles. The number of nitrogens with one attached hydrogen (secondary N) is 1. The molecule has 4 aromatic rings. The number of hydrogen-bond acceptors (Lipinski definition) is 7. The van der Waals surface area contributed by atoms with E-state index in [2.05, 4.69) is 20.2 Å². The summed E-state index contributed by atoms with van der Waals surface area (Å²) in [6.07, 6.45) is 4.16. The number of rotatable bonds is 8. The zero-order valence-corrected chi connectivity index (χ0v) is 21.2. The lowest BCUT2D eigenvalue weighted by Gasteiger charge is -2.15. The summed E-state index contributed by atoms with van der Waals surface area (Å²) < 4.78 is 6.97. The molecule has 1 saturated heterocycles. The maximum Gasteiger partial charge on any atom is 0.293 e. The molecule has 0 unspecified atom stereocenters. The van der Waals surface area contributed by atoms with Crippen LogP contribution in [-0.4, -0.2) is 52.9 Å². The maximum absolute atomic E-state index is 13.2. The number of nitrogens with zero attached hydrogens (tertiary/aromatic N) is 4. The molecule has 0 bridgehead atoms. The van der Waals surface area contributed by atoms with Crippen LogP contribution in [0.3, 0.4) is 0 Å². The topological polar surface area (TPSA) is 81.5 Å². The minimum atomic E-state index is -0.430. The Balaban J connectivity index is 1.36. The Kier molecular flexibility index (Phi) is 7.27. The van der Waals surface area contributed by atoms with Crippen LogP contribution in [0.5, 0.6) is 5.75 Å². The number of halogens is 2. The molecule has 10 heteroatoms. The summed E-state index contributed by atoms with van der Waals surface area (Å²) in [6, 6.07) is 14.3. The summed E-state index contributed by atoms with van der Waals surface area (Å²) in [7, 11) is 1.40. The maximum atomic E-state index is 13.2. The van der Waals surface area contributed by atoms with Crippen LogP contribution in [-0.2, 0) is 0 Å². The van der Waals surface area contributed by atoms with E-state index >= 15 is 0 Å². The molecular formula is C26H25Cl2N5O3. The van der Waals surface area contributed by atoms with Crippen LogP contribution in [0.4, 0.5) is 11.6 Å². The van der Waals surface area contributed by atoms with Crippen molar-refractivity contribution in [2.75, 3.05) is 38.7 Å². The van der Waals surface area contributed by atoms with Gasteiger partial charge in [0, 0.05) is 29.4 Å². The van der Waals surface area contributed by atoms with Gasteiger partial charge in [-0.05, 0) is 68.4 Å². The van der Waals surface area contributed by atoms with E-state index in [9.17, 15) is 4.79 Å². The Hall–Kier alpha value is -3.33. The molecule has 36 heavy (non-hydrogen) atoms. The Morgan fingerprint density at radius 1 is 1.06 bits per heavy atom. The van der Waals surface area contributed by atoms with Crippen LogP contribution >= 0.6 is 23.2 Å². The van der Waals surface area contributed by atoms with Gasteiger partial charge in [-0.2, -0.15) is 4.98 Å². The molecule has 0 amide bonds. The Bertz CT molecular complexity index is 1420. The summed E-state index contributed by atoms with van der Waals surface area (Å²) in [5.74, 6) is 1.12. The summed E-state index contributed by atoms with van der Waals surface area (Å²) in [4.78, 5) is 29.9. The van der Waals surface area contributed by atoms with Gasteiger partial charge in [-0.1, -0.05) is 29.3 Å². The quantitative estimate of drug-likeness (QED) is 0.345. The van der Waals surface area contributed by atoms with Crippen LogP contribution in [0.25, 0.3) is 22.2 Å². The van der Waals surface area contributed by atoms with Gasteiger partial charge in [0.2, 0.25) is 5.95 Å². The fourth-order valence-corrected chi connectivity index (χ4v) is 4.90. The standard InChI is InChI=1S/C26H25Cl2N5O3/c1-35-33-24-17(15-20(25(33)34)23-21(27)5-4-6-22(23)28)16-29-26(31-24)30-18-7-9-19(10-8-18)36-14-13-32-11-2-3-12-32/h4-10,15-16H,2-3,11-14H2,1H3,(H,29,30,31). The average Bonchev–Trinajstić information content (AvgIpc) is 3.39. The average molecular weight is 526 g/mol. The van der Waals surface area contributed by atoms with Gasteiger partial charge in [0.15, 0.2) is 5.65 Å². The second kappa shape index (κ2) is 10.7. The summed E-state index contributed by atoms with van der Waals surface area (Å²) in [5, 5.41) is 4.48. The van der Waals surface area contributed by atoms with Crippen molar-refractivity contribution in [3.63, 3.8) is 0 Å². The first-order chi connectivity index (χ1) is 17.5. The van der Waals surface area contributed by atoms with Crippen LogP contribution in [0.2, 0.25) is 10.0 Å². The van der Waals surface area contributed by atoms with E-state index in [1.807, 2.05) is 24.3 Å². The summed E-state index contributed by atoms with van der Waals surface area (Å²) in [5.41, 5.74) is 1.40. The van der Waals surface area contributed by atoms with Gasteiger partial charge in [-0.3, -0.25) is 9.69 Å². The zero-order valence-electron chi connectivity index (χ0n) is 19.7. The SMILES string of the molecule is COn1c(=O)c(-c2c(Cl)cccc2Cl)cc2cnc(Nc3ccc(OCCN4CCCC4)cc3)nc21. The van der Waals surface area contributed by atoms with Gasteiger partial charge in [0.25, 0.3) is 5.56 Å². The predicted molar refractivity (Wildman–Crippen MR) is 143 cm³/mol. The van der Waals surface area contributed by atoms with Crippen LogP contribution < -0.4 is 20.5 Å². The van der Waals surface area contributed by atoms with Crippen molar-refractivity contribution in [2.24, 2.45) is 0 Å². The monoisotopic (exact) mass is 525 g/mol. The van der Waals surface area contributed by atoms with E-state index in [0.29, 0.717) is 44.8 Å². The van der Waals surface area contributed by atoms with Gasteiger partial charge in [0.05, 0.1) is 15.6 Å². The second-order valence-corrected chi connectivity index (χ2v) is 9.27. The molecule has 0 radical (unpaired) electrons. The number of fused-ring (bicyclic) bond motifs is 1. The van der Waals surface area contributed by atoms with Crippen molar-refractivity contribution in [1.82, 2.24) is 19.6 Å². The van der Waals surface area contributed by atoms with E-state index < -0.39 is 5.56 Å². The predicted octanol–water partition coefficient (Wildman–Crippen LogP) is 5.04. The van der Waals surface area contributed by atoms with Crippen molar-refractivity contribution in [3.05, 3.63) is 75.1 Å². The van der Waals surface area contributed by atoms with E-state index in [-0.39, 0.29) is 0 Å². The number of benzene rings is 2. The normalized spacial score (nSPS) is 13.8. The van der Waals surface area contributed by atoms with E-state index in [1.54, 1.807) is 30.5 Å². The molecule has 2 aromatic heterocycles. The number of pyridine rings is 1.